The summed E-state index contributed by atoms with van der Waals surface area (Å²) >= 11 is 1.72. The van der Waals surface area contributed by atoms with Crippen LogP contribution in [0.2, 0.25) is 0 Å². The Morgan fingerprint density at radius 2 is 1.88 bits per heavy atom. The zero-order valence-corrected chi connectivity index (χ0v) is 15.7. The molecule has 2 aromatic rings. The molecule has 1 aromatic carbocycles. The van der Waals surface area contributed by atoms with Gasteiger partial charge in [0.2, 0.25) is 0 Å². The SMILES string of the molecule is CCOc1ccccc1NC(=O)C(=O)NCC1(c2cccs2)CCCC1. The molecule has 138 valence electrons. The van der Waals surface area contributed by atoms with Crippen molar-refractivity contribution >= 4 is 28.8 Å². The monoisotopic (exact) mass is 372 g/mol. The molecular formula is C20H24N2O3S. The Morgan fingerprint density at radius 3 is 2.58 bits per heavy atom. The lowest BCUT2D eigenvalue weighted by atomic mass is 9.84. The number of anilines is 1. The minimum absolute atomic E-state index is 0.0344. The molecule has 0 unspecified atom stereocenters. The molecule has 0 saturated heterocycles. The van der Waals surface area contributed by atoms with Crippen LogP contribution in [0.25, 0.3) is 0 Å². The van der Waals surface area contributed by atoms with E-state index in [1.807, 2.05) is 19.1 Å². The number of ether oxygens (including phenoxy) is 1. The molecule has 0 aliphatic heterocycles. The molecule has 3 rings (SSSR count). The number of hydrogen-bond donors (Lipinski definition) is 2. The lowest BCUT2D eigenvalue weighted by molar-refractivity contribution is -0.136. The minimum atomic E-state index is -0.670. The van der Waals surface area contributed by atoms with E-state index in [9.17, 15) is 9.59 Å². The van der Waals surface area contributed by atoms with Crippen LogP contribution < -0.4 is 15.4 Å². The van der Waals surface area contributed by atoms with Gasteiger partial charge in [-0.1, -0.05) is 31.0 Å². The van der Waals surface area contributed by atoms with Gasteiger partial charge in [-0.3, -0.25) is 9.59 Å². The second-order valence-electron chi connectivity index (χ2n) is 6.53. The third-order valence-electron chi connectivity index (χ3n) is 4.83. The van der Waals surface area contributed by atoms with Gasteiger partial charge in [-0.2, -0.15) is 0 Å². The highest BCUT2D eigenvalue weighted by Crippen LogP contribution is 2.42. The summed E-state index contributed by atoms with van der Waals surface area (Å²) in [4.78, 5) is 25.9. The van der Waals surface area contributed by atoms with Gasteiger partial charge in [0.1, 0.15) is 5.75 Å². The van der Waals surface area contributed by atoms with Crippen molar-refractivity contribution < 1.29 is 14.3 Å². The molecule has 2 N–H and O–H groups in total. The fourth-order valence-electron chi connectivity index (χ4n) is 3.50. The average molecular weight is 372 g/mol. The number of benzene rings is 1. The van der Waals surface area contributed by atoms with Crippen molar-refractivity contribution in [3.05, 3.63) is 46.7 Å². The van der Waals surface area contributed by atoms with Crippen LogP contribution in [0.15, 0.2) is 41.8 Å². The minimum Gasteiger partial charge on any atom is -0.492 e. The van der Waals surface area contributed by atoms with Gasteiger partial charge in [0.25, 0.3) is 0 Å². The Kier molecular flexibility index (Phi) is 5.93. The number of amides is 2. The van der Waals surface area contributed by atoms with E-state index in [-0.39, 0.29) is 5.41 Å². The lowest BCUT2D eigenvalue weighted by Crippen LogP contribution is -2.43. The number of hydrogen-bond acceptors (Lipinski definition) is 4. The largest absolute Gasteiger partial charge is 0.492 e. The number of para-hydroxylation sites is 2. The second-order valence-corrected chi connectivity index (χ2v) is 7.48. The van der Waals surface area contributed by atoms with Gasteiger partial charge in [-0.05, 0) is 43.3 Å². The third-order valence-corrected chi connectivity index (χ3v) is 5.95. The van der Waals surface area contributed by atoms with Gasteiger partial charge in [0.05, 0.1) is 12.3 Å². The zero-order valence-electron chi connectivity index (χ0n) is 14.9. The van der Waals surface area contributed by atoms with Crippen molar-refractivity contribution in [2.24, 2.45) is 0 Å². The molecule has 5 nitrogen and oxygen atoms in total. The Hall–Kier alpha value is -2.34. The highest BCUT2D eigenvalue weighted by atomic mass is 32.1. The van der Waals surface area contributed by atoms with Crippen LogP contribution in [0.4, 0.5) is 5.69 Å². The van der Waals surface area contributed by atoms with Gasteiger partial charge in [0.15, 0.2) is 0 Å². The van der Waals surface area contributed by atoms with Crippen LogP contribution in [-0.2, 0) is 15.0 Å². The van der Waals surface area contributed by atoms with Crippen molar-refractivity contribution in [2.45, 2.75) is 38.0 Å². The average Bonchev–Trinajstić information content (AvgIpc) is 3.34. The zero-order chi connectivity index (χ0) is 18.4. The fourth-order valence-corrected chi connectivity index (χ4v) is 4.49. The lowest BCUT2D eigenvalue weighted by Gasteiger charge is -2.28. The predicted octanol–water partition coefficient (Wildman–Crippen LogP) is 3.71. The molecule has 1 aliphatic carbocycles. The van der Waals surface area contributed by atoms with E-state index in [0.29, 0.717) is 24.6 Å². The molecular weight excluding hydrogens is 348 g/mol. The van der Waals surface area contributed by atoms with E-state index in [2.05, 4.69) is 22.1 Å². The maximum absolute atomic E-state index is 12.3. The Morgan fingerprint density at radius 1 is 1.12 bits per heavy atom. The van der Waals surface area contributed by atoms with Crippen molar-refractivity contribution in [2.75, 3.05) is 18.5 Å². The molecule has 1 aliphatic rings. The van der Waals surface area contributed by atoms with Crippen molar-refractivity contribution in [1.29, 1.82) is 0 Å². The molecule has 1 aromatic heterocycles. The summed E-state index contributed by atoms with van der Waals surface area (Å²) in [5.41, 5.74) is 0.469. The van der Waals surface area contributed by atoms with Crippen molar-refractivity contribution in [1.82, 2.24) is 5.32 Å². The molecule has 1 heterocycles. The van der Waals surface area contributed by atoms with E-state index in [1.54, 1.807) is 29.5 Å². The number of nitrogens with one attached hydrogen (secondary N) is 2. The molecule has 26 heavy (non-hydrogen) atoms. The van der Waals surface area contributed by atoms with Crippen LogP contribution in [0, 0.1) is 0 Å². The summed E-state index contributed by atoms with van der Waals surface area (Å²) in [5, 5.41) is 7.55. The summed E-state index contributed by atoms with van der Waals surface area (Å²) < 4.78 is 5.48. The standard InChI is InChI=1S/C20H24N2O3S/c1-2-25-16-9-4-3-8-15(16)22-19(24)18(23)21-14-20(11-5-6-12-20)17-10-7-13-26-17/h3-4,7-10,13H,2,5-6,11-12,14H2,1H3,(H,21,23)(H,22,24). The van der Waals surface area contributed by atoms with Crippen LogP contribution in [0.1, 0.15) is 37.5 Å². The Balaban J connectivity index is 1.62. The van der Waals surface area contributed by atoms with E-state index in [1.165, 1.54) is 4.88 Å². The normalized spacial score (nSPS) is 15.4. The third kappa shape index (κ3) is 4.07. The molecule has 2 amide bonds. The van der Waals surface area contributed by atoms with E-state index < -0.39 is 11.8 Å². The molecule has 1 fully saturated rings. The van der Waals surface area contributed by atoms with Crippen molar-refractivity contribution in [3.63, 3.8) is 0 Å². The maximum atomic E-state index is 12.3. The molecule has 0 radical (unpaired) electrons. The predicted molar refractivity (Wildman–Crippen MR) is 104 cm³/mol. The number of carbonyl (C=O) groups is 2. The first kappa shape index (κ1) is 18.5. The number of rotatable bonds is 6. The Labute approximate surface area is 157 Å². The van der Waals surface area contributed by atoms with Gasteiger partial charge in [-0.15, -0.1) is 11.3 Å². The fraction of sp³-hybridized carbons (Fsp3) is 0.400. The first-order chi connectivity index (χ1) is 12.6. The van der Waals surface area contributed by atoms with Crippen LogP contribution in [-0.4, -0.2) is 25.0 Å². The molecule has 0 bridgehead atoms. The van der Waals surface area contributed by atoms with Gasteiger partial charge < -0.3 is 15.4 Å². The van der Waals surface area contributed by atoms with Gasteiger partial charge in [0, 0.05) is 16.8 Å². The molecule has 1 saturated carbocycles. The van der Waals surface area contributed by atoms with Crippen molar-refractivity contribution in [3.8, 4) is 5.75 Å². The number of carbonyl (C=O) groups excluding carboxylic acids is 2. The second kappa shape index (κ2) is 8.36. The highest BCUT2D eigenvalue weighted by molar-refractivity contribution is 7.10. The highest BCUT2D eigenvalue weighted by Gasteiger charge is 2.37. The topological polar surface area (TPSA) is 67.4 Å². The van der Waals surface area contributed by atoms with Gasteiger partial charge in [-0.25, -0.2) is 0 Å². The smallest absolute Gasteiger partial charge is 0.313 e. The quantitative estimate of drug-likeness (QED) is 0.760. The summed E-state index contributed by atoms with van der Waals surface area (Å²) in [5.74, 6) is -0.724. The summed E-state index contributed by atoms with van der Waals surface area (Å²) in [6, 6.07) is 11.3. The Bertz CT molecular complexity index is 752. The first-order valence-electron chi connectivity index (χ1n) is 8.99. The summed E-state index contributed by atoms with van der Waals surface area (Å²) in [6.45, 7) is 2.85. The molecule has 6 heteroatoms. The number of thiophene rings is 1. The summed E-state index contributed by atoms with van der Waals surface area (Å²) in [7, 11) is 0. The summed E-state index contributed by atoms with van der Waals surface area (Å²) in [6.07, 6.45) is 4.40. The first-order valence-corrected chi connectivity index (χ1v) is 9.87. The van der Waals surface area contributed by atoms with Gasteiger partial charge >= 0.3 is 11.8 Å². The van der Waals surface area contributed by atoms with E-state index in [0.717, 1.165) is 25.7 Å². The van der Waals surface area contributed by atoms with E-state index >= 15 is 0 Å². The molecule has 0 atom stereocenters. The van der Waals surface area contributed by atoms with Crippen LogP contribution in [0.3, 0.4) is 0 Å². The van der Waals surface area contributed by atoms with E-state index in [4.69, 9.17) is 4.74 Å². The maximum Gasteiger partial charge on any atom is 0.313 e. The van der Waals surface area contributed by atoms with Crippen LogP contribution in [0.5, 0.6) is 5.75 Å². The van der Waals surface area contributed by atoms with Crippen LogP contribution >= 0.6 is 11.3 Å². The molecule has 0 spiro atoms.